The van der Waals surface area contributed by atoms with Crippen molar-refractivity contribution in [3.8, 4) is 11.5 Å². The van der Waals surface area contributed by atoms with Crippen molar-refractivity contribution in [3.05, 3.63) is 52.0 Å². The highest BCUT2D eigenvalue weighted by atomic mass is 79.9. The summed E-state index contributed by atoms with van der Waals surface area (Å²) >= 11 is 3.46. The number of hydrogen-bond acceptors (Lipinski definition) is 3. The first-order valence-electron chi connectivity index (χ1n) is 7.10. The van der Waals surface area contributed by atoms with Gasteiger partial charge in [-0.15, -0.1) is 0 Å². The Hall–Kier alpha value is -2.01. The van der Waals surface area contributed by atoms with Gasteiger partial charge in [0.2, 0.25) is 0 Å². The molecule has 1 amide bonds. The van der Waals surface area contributed by atoms with Gasteiger partial charge in [-0.2, -0.15) is 0 Å². The quantitative estimate of drug-likeness (QED) is 0.872. The van der Waals surface area contributed by atoms with E-state index in [1.54, 1.807) is 18.2 Å². The number of carbonyl (C=O) groups excluding carboxylic acids is 1. The van der Waals surface area contributed by atoms with Crippen LogP contribution in [0.3, 0.4) is 0 Å². The van der Waals surface area contributed by atoms with Crippen molar-refractivity contribution in [1.82, 2.24) is 0 Å². The summed E-state index contributed by atoms with van der Waals surface area (Å²) in [5.41, 5.74) is 2.40. The number of halogens is 1. The van der Waals surface area contributed by atoms with E-state index in [2.05, 4.69) is 21.2 Å². The first-order valence-corrected chi connectivity index (χ1v) is 7.90. The zero-order valence-electron chi connectivity index (χ0n) is 12.2. The van der Waals surface area contributed by atoms with Crippen LogP contribution in [0.2, 0.25) is 0 Å². The van der Waals surface area contributed by atoms with Gasteiger partial charge in [0.25, 0.3) is 5.91 Å². The highest BCUT2D eigenvalue weighted by Crippen LogP contribution is 2.31. The Balaban J connectivity index is 1.81. The Morgan fingerprint density at radius 3 is 2.64 bits per heavy atom. The Kier molecular flexibility index (Phi) is 4.34. The summed E-state index contributed by atoms with van der Waals surface area (Å²) in [5.74, 6) is 1.12. The van der Waals surface area contributed by atoms with Crippen molar-refractivity contribution in [1.29, 1.82) is 0 Å². The fourth-order valence-corrected chi connectivity index (χ4v) is 2.81. The first-order chi connectivity index (χ1) is 10.6. The predicted octanol–water partition coefficient (Wildman–Crippen LogP) is 4.17. The monoisotopic (exact) mass is 361 g/mol. The Labute approximate surface area is 137 Å². The van der Waals surface area contributed by atoms with Gasteiger partial charge in [0.1, 0.15) is 0 Å². The Morgan fingerprint density at radius 2 is 1.86 bits per heavy atom. The number of fused-ring (bicyclic) bond motifs is 1. The molecule has 0 saturated heterocycles. The van der Waals surface area contributed by atoms with Crippen LogP contribution in [0.15, 0.2) is 40.9 Å². The van der Waals surface area contributed by atoms with Crippen LogP contribution in [-0.4, -0.2) is 19.1 Å². The second-order valence-corrected chi connectivity index (χ2v) is 6.00. The molecule has 0 fully saturated rings. The van der Waals surface area contributed by atoms with Gasteiger partial charge in [-0.1, -0.05) is 6.07 Å². The fourth-order valence-electron chi connectivity index (χ4n) is 2.22. The lowest BCUT2D eigenvalue weighted by Crippen LogP contribution is -2.12. The Bertz CT molecular complexity index is 715. The number of amides is 1. The lowest BCUT2D eigenvalue weighted by atomic mass is 10.1. The summed E-state index contributed by atoms with van der Waals surface area (Å²) < 4.78 is 12.0. The highest BCUT2D eigenvalue weighted by Gasteiger charge is 2.15. The van der Waals surface area contributed by atoms with Gasteiger partial charge in [0.05, 0.1) is 18.9 Å². The zero-order chi connectivity index (χ0) is 15.5. The first kappa shape index (κ1) is 14.9. The van der Waals surface area contributed by atoms with Gasteiger partial charge in [0.15, 0.2) is 11.5 Å². The maximum Gasteiger partial charge on any atom is 0.255 e. The molecule has 2 aromatic carbocycles. The minimum atomic E-state index is -0.180. The van der Waals surface area contributed by atoms with Crippen LogP contribution in [0.4, 0.5) is 5.69 Å². The topological polar surface area (TPSA) is 47.6 Å². The molecule has 114 valence electrons. The van der Waals surface area contributed by atoms with Crippen LogP contribution < -0.4 is 14.8 Å². The average Bonchev–Trinajstić information content (AvgIpc) is 2.74. The van der Waals surface area contributed by atoms with Crippen molar-refractivity contribution in [2.24, 2.45) is 0 Å². The summed E-state index contributed by atoms with van der Waals surface area (Å²) in [5, 5.41) is 2.89. The second kappa shape index (κ2) is 6.40. The SMILES string of the molecule is Cc1ccc(NC(=O)c2ccc3c(c2)OCCCO3)c(Br)c1. The molecule has 0 spiro atoms. The minimum Gasteiger partial charge on any atom is -0.490 e. The molecule has 2 aromatic rings. The number of rotatable bonds is 2. The van der Waals surface area contributed by atoms with E-state index in [1.807, 2.05) is 25.1 Å². The van der Waals surface area contributed by atoms with Gasteiger partial charge in [-0.25, -0.2) is 0 Å². The molecule has 1 N–H and O–H groups in total. The zero-order valence-corrected chi connectivity index (χ0v) is 13.8. The molecule has 0 radical (unpaired) electrons. The van der Waals surface area contributed by atoms with Gasteiger partial charge in [0, 0.05) is 16.5 Å². The van der Waals surface area contributed by atoms with Crippen molar-refractivity contribution < 1.29 is 14.3 Å². The maximum absolute atomic E-state index is 12.4. The highest BCUT2D eigenvalue weighted by molar-refractivity contribution is 9.10. The summed E-state index contributed by atoms with van der Waals surface area (Å²) in [4.78, 5) is 12.4. The molecule has 1 aliphatic heterocycles. The van der Waals surface area contributed by atoms with Crippen molar-refractivity contribution >= 4 is 27.5 Å². The normalized spacial score (nSPS) is 13.4. The third-order valence-electron chi connectivity index (χ3n) is 3.38. The largest absolute Gasteiger partial charge is 0.490 e. The second-order valence-electron chi connectivity index (χ2n) is 5.15. The average molecular weight is 362 g/mol. The van der Waals surface area contributed by atoms with Crippen LogP contribution in [-0.2, 0) is 0 Å². The van der Waals surface area contributed by atoms with Crippen LogP contribution in [0.5, 0.6) is 11.5 Å². The maximum atomic E-state index is 12.4. The summed E-state index contributed by atoms with van der Waals surface area (Å²) in [6.07, 6.45) is 0.840. The molecule has 1 aliphatic rings. The summed E-state index contributed by atoms with van der Waals surface area (Å²) in [6, 6.07) is 11.0. The van der Waals surface area contributed by atoms with Crippen molar-refractivity contribution in [2.75, 3.05) is 18.5 Å². The van der Waals surface area contributed by atoms with E-state index in [4.69, 9.17) is 9.47 Å². The number of ether oxygens (including phenoxy) is 2. The molecular weight excluding hydrogens is 346 g/mol. The molecule has 5 heteroatoms. The van der Waals surface area contributed by atoms with Gasteiger partial charge in [-0.05, 0) is 58.7 Å². The molecule has 4 nitrogen and oxygen atoms in total. The van der Waals surface area contributed by atoms with Crippen molar-refractivity contribution in [3.63, 3.8) is 0 Å². The van der Waals surface area contributed by atoms with E-state index >= 15 is 0 Å². The van der Waals surface area contributed by atoms with Crippen LogP contribution in [0.25, 0.3) is 0 Å². The molecule has 0 aliphatic carbocycles. The lowest BCUT2D eigenvalue weighted by Gasteiger charge is -2.11. The third-order valence-corrected chi connectivity index (χ3v) is 4.04. The van der Waals surface area contributed by atoms with E-state index in [1.165, 1.54) is 0 Å². The smallest absolute Gasteiger partial charge is 0.255 e. The van der Waals surface area contributed by atoms with E-state index in [0.717, 1.165) is 22.1 Å². The number of benzene rings is 2. The number of aryl methyl sites for hydroxylation is 1. The molecular formula is C17H16BrNO3. The van der Waals surface area contributed by atoms with Gasteiger partial charge in [-0.3, -0.25) is 4.79 Å². The van der Waals surface area contributed by atoms with Crippen LogP contribution >= 0.6 is 15.9 Å². The van der Waals surface area contributed by atoms with Gasteiger partial charge < -0.3 is 14.8 Å². The molecule has 0 saturated carbocycles. The van der Waals surface area contributed by atoms with E-state index in [-0.39, 0.29) is 5.91 Å². The predicted molar refractivity (Wildman–Crippen MR) is 88.9 cm³/mol. The Morgan fingerprint density at radius 1 is 1.09 bits per heavy atom. The summed E-state index contributed by atoms with van der Waals surface area (Å²) in [6.45, 7) is 3.23. The van der Waals surface area contributed by atoms with E-state index < -0.39 is 0 Å². The van der Waals surface area contributed by atoms with E-state index in [9.17, 15) is 4.79 Å². The number of hydrogen-bond donors (Lipinski definition) is 1. The van der Waals surface area contributed by atoms with Crippen molar-refractivity contribution in [2.45, 2.75) is 13.3 Å². The molecule has 0 unspecified atom stereocenters. The number of nitrogens with one attached hydrogen (secondary N) is 1. The van der Waals surface area contributed by atoms with Gasteiger partial charge >= 0.3 is 0 Å². The number of carbonyl (C=O) groups is 1. The molecule has 22 heavy (non-hydrogen) atoms. The molecule has 0 bridgehead atoms. The molecule has 0 aromatic heterocycles. The number of anilines is 1. The fraction of sp³-hybridized carbons (Fsp3) is 0.235. The summed E-state index contributed by atoms with van der Waals surface area (Å²) in [7, 11) is 0. The molecule has 0 atom stereocenters. The molecule has 1 heterocycles. The molecule has 3 rings (SSSR count). The van der Waals surface area contributed by atoms with Crippen LogP contribution in [0, 0.1) is 6.92 Å². The van der Waals surface area contributed by atoms with E-state index in [0.29, 0.717) is 30.3 Å². The standard InChI is InChI=1S/C17H16BrNO3/c1-11-3-5-14(13(18)9-11)19-17(20)12-4-6-15-16(10-12)22-8-2-7-21-15/h3-6,9-10H,2,7-8H2,1H3,(H,19,20). The minimum absolute atomic E-state index is 0.180. The third kappa shape index (κ3) is 3.25. The van der Waals surface area contributed by atoms with Crippen LogP contribution in [0.1, 0.15) is 22.3 Å². The lowest BCUT2D eigenvalue weighted by molar-refractivity contribution is 0.102.